The highest BCUT2D eigenvalue weighted by Gasteiger charge is 2.22. The van der Waals surface area contributed by atoms with Crippen LogP contribution in [0.15, 0.2) is 200 Å². The van der Waals surface area contributed by atoms with Crippen LogP contribution in [0.1, 0.15) is 0 Å². The summed E-state index contributed by atoms with van der Waals surface area (Å²) in [4.78, 5) is 15.4. The lowest BCUT2D eigenvalue weighted by Crippen LogP contribution is -2.06. The summed E-state index contributed by atoms with van der Waals surface area (Å²) in [6.45, 7) is 0. The van der Waals surface area contributed by atoms with Crippen molar-refractivity contribution in [2.24, 2.45) is 0 Å². The largest absolute Gasteiger partial charge is 0.309 e. The van der Waals surface area contributed by atoms with Gasteiger partial charge in [-0.05, 0) is 66.7 Å². The van der Waals surface area contributed by atoms with E-state index in [1.807, 2.05) is 36.4 Å². The summed E-state index contributed by atoms with van der Waals surface area (Å²) in [5, 5.41) is 5.80. The van der Waals surface area contributed by atoms with Crippen molar-refractivity contribution in [3.63, 3.8) is 0 Å². The Morgan fingerprint density at radius 1 is 0.300 bits per heavy atom. The second-order valence-corrected chi connectivity index (χ2v) is 15.3. The Morgan fingerprint density at radius 3 is 1.45 bits per heavy atom. The van der Waals surface area contributed by atoms with Crippen LogP contribution < -0.4 is 0 Å². The van der Waals surface area contributed by atoms with Gasteiger partial charge in [0.05, 0.1) is 38.6 Å². The lowest BCUT2D eigenvalue weighted by molar-refractivity contribution is 0.954. The van der Waals surface area contributed by atoms with E-state index in [4.69, 9.17) is 15.0 Å². The predicted octanol–water partition coefficient (Wildman–Crippen LogP) is 12.7. The normalized spacial score (nSPS) is 12.0. The highest BCUT2D eigenvalue weighted by molar-refractivity contribution is 6.19. The molecule has 280 valence electrons. The lowest BCUT2D eigenvalue weighted by atomic mass is 10.1. The number of hydrogen-bond donors (Lipinski definition) is 0. The van der Waals surface area contributed by atoms with Crippen molar-refractivity contribution in [3.05, 3.63) is 200 Å². The highest BCUT2D eigenvalue weighted by atomic mass is 15.2. The smallest absolute Gasteiger partial charge is 0.238 e. The Bertz CT molecular complexity index is 3770. The fourth-order valence-corrected chi connectivity index (χ4v) is 9.39. The third-order valence-electron chi connectivity index (χ3n) is 12.0. The van der Waals surface area contributed by atoms with Gasteiger partial charge < -0.3 is 4.57 Å². The van der Waals surface area contributed by atoms with Crippen molar-refractivity contribution in [1.82, 2.24) is 33.1 Å². The molecule has 0 unspecified atom stereocenters. The fraction of sp³-hybridized carbons (Fsp3) is 0. The average molecular weight is 768 g/mol. The first-order valence-electron chi connectivity index (χ1n) is 20.2. The number of fused-ring (bicyclic) bond motifs is 11. The van der Waals surface area contributed by atoms with E-state index in [-0.39, 0.29) is 0 Å². The van der Waals surface area contributed by atoms with Gasteiger partial charge in [0, 0.05) is 49.4 Å². The van der Waals surface area contributed by atoms with Gasteiger partial charge in [-0.25, -0.2) is 4.98 Å². The van der Waals surface area contributed by atoms with Gasteiger partial charge in [-0.1, -0.05) is 133 Å². The maximum absolute atomic E-state index is 5.19. The number of hydrogen-bond acceptors (Lipinski definition) is 3. The number of nitrogens with zero attached hydrogens (tertiary/aromatic N) is 7. The van der Waals surface area contributed by atoms with Gasteiger partial charge in [-0.15, -0.1) is 0 Å². The van der Waals surface area contributed by atoms with Gasteiger partial charge in [-0.3, -0.25) is 13.5 Å². The Morgan fingerprint density at radius 2 is 0.800 bits per heavy atom. The zero-order valence-electron chi connectivity index (χ0n) is 32.2. The van der Waals surface area contributed by atoms with Crippen LogP contribution in [0.5, 0.6) is 0 Å². The van der Waals surface area contributed by atoms with Crippen LogP contribution in [0.4, 0.5) is 0 Å². The molecule has 0 amide bonds. The van der Waals surface area contributed by atoms with Crippen LogP contribution in [-0.2, 0) is 0 Å². The summed E-state index contributed by atoms with van der Waals surface area (Å²) >= 11 is 0. The molecule has 0 saturated carbocycles. The van der Waals surface area contributed by atoms with Crippen molar-refractivity contribution in [2.45, 2.75) is 0 Å². The van der Waals surface area contributed by atoms with E-state index < -0.39 is 0 Å². The third kappa shape index (κ3) is 4.74. The van der Waals surface area contributed by atoms with E-state index in [0.717, 1.165) is 71.9 Å². The molecule has 13 rings (SSSR count). The first-order valence-corrected chi connectivity index (χ1v) is 20.2. The van der Waals surface area contributed by atoms with Crippen molar-refractivity contribution in [3.8, 4) is 40.1 Å². The number of imidazole rings is 1. The fourth-order valence-electron chi connectivity index (χ4n) is 9.39. The zero-order valence-corrected chi connectivity index (χ0v) is 32.2. The molecule has 0 bridgehead atoms. The molecule has 8 aromatic carbocycles. The van der Waals surface area contributed by atoms with Crippen molar-refractivity contribution in [2.75, 3.05) is 0 Å². The maximum Gasteiger partial charge on any atom is 0.238 e. The molecule has 13 aromatic rings. The number of benzene rings is 8. The van der Waals surface area contributed by atoms with Gasteiger partial charge in [0.1, 0.15) is 5.65 Å². The molecule has 0 N–H and O–H groups in total. The number of aromatic nitrogens is 7. The quantitative estimate of drug-likeness (QED) is 0.175. The zero-order chi connectivity index (χ0) is 39.3. The van der Waals surface area contributed by atoms with Gasteiger partial charge in [0.25, 0.3) is 0 Å². The van der Waals surface area contributed by atoms with Crippen molar-refractivity contribution in [1.29, 1.82) is 0 Å². The molecule has 0 aliphatic heterocycles. The van der Waals surface area contributed by atoms with Crippen LogP contribution in [0, 0.1) is 0 Å². The second kappa shape index (κ2) is 12.6. The minimum Gasteiger partial charge on any atom is -0.309 e. The van der Waals surface area contributed by atoms with E-state index in [0.29, 0.717) is 17.6 Å². The van der Waals surface area contributed by atoms with Crippen molar-refractivity contribution < 1.29 is 0 Å². The average Bonchev–Trinajstić information content (AvgIpc) is 4.04. The molecule has 5 aromatic heterocycles. The molecule has 0 fully saturated rings. The second-order valence-electron chi connectivity index (χ2n) is 15.3. The minimum atomic E-state index is 0.577. The standard InChI is InChI=1S/C53H33N7/c1-3-16-34(17-4-1)51-54-52(35-18-5-2-6-19-35)56-53(55-51)60-45-27-12-9-24-40(45)42-32-48-41(33-49(42)60)39-23-8-11-26-44(39)57(48)37-21-15-22-38(31-37)58-46-28-13-14-29-47(46)59-43-25-10-7-20-36(43)30-50(58)59/h1-33H. The molecule has 5 heterocycles. The van der Waals surface area contributed by atoms with E-state index in [9.17, 15) is 0 Å². The van der Waals surface area contributed by atoms with Crippen molar-refractivity contribution >= 4 is 71.2 Å². The first kappa shape index (κ1) is 32.8. The molecule has 0 aliphatic rings. The SMILES string of the molecule is c1ccc(-c2nc(-c3ccccc3)nc(-n3c4ccccc4c4cc5c(cc43)c3ccccc3n5-c3cccc(-n4c5ccccc5n5c6ccccc6cc45)c3)n2)cc1. The van der Waals surface area contributed by atoms with Gasteiger partial charge in [0.15, 0.2) is 11.6 Å². The monoisotopic (exact) mass is 767 g/mol. The molecule has 0 spiro atoms. The van der Waals surface area contributed by atoms with Crippen LogP contribution in [0.3, 0.4) is 0 Å². The summed E-state index contributed by atoms with van der Waals surface area (Å²) < 4.78 is 9.39. The summed E-state index contributed by atoms with van der Waals surface area (Å²) in [7, 11) is 0. The molecule has 0 radical (unpaired) electrons. The molecule has 7 heteroatoms. The third-order valence-corrected chi connectivity index (χ3v) is 12.0. The molecule has 0 atom stereocenters. The van der Waals surface area contributed by atoms with E-state index in [1.54, 1.807) is 0 Å². The van der Waals surface area contributed by atoms with E-state index in [2.05, 4.69) is 182 Å². The molecule has 7 nitrogen and oxygen atoms in total. The lowest BCUT2D eigenvalue weighted by Gasteiger charge is -2.12. The molecule has 60 heavy (non-hydrogen) atoms. The number of para-hydroxylation sites is 5. The highest BCUT2D eigenvalue weighted by Crippen LogP contribution is 2.40. The Kier molecular flexibility index (Phi) is 6.88. The minimum absolute atomic E-state index is 0.577. The van der Waals surface area contributed by atoms with E-state index in [1.165, 1.54) is 21.8 Å². The van der Waals surface area contributed by atoms with Gasteiger partial charge in [0.2, 0.25) is 5.95 Å². The summed E-state index contributed by atoms with van der Waals surface area (Å²) in [6, 6.07) is 70.8. The summed E-state index contributed by atoms with van der Waals surface area (Å²) in [5.74, 6) is 1.83. The molecular formula is C53H33N7. The Hall–Kier alpha value is -8.29. The first-order chi connectivity index (χ1) is 29.8. The Balaban J connectivity index is 1.07. The van der Waals surface area contributed by atoms with Gasteiger partial charge in [-0.2, -0.15) is 9.97 Å². The molecule has 0 saturated heterocycles. The molecular weight excluding hydrogens is 735 g/mol. The Labute approximate surface area is 343 Å². The van der Waals surface area contributed by atoms with Crippen LogP contribution in [-0.4, -0.2) is 33.1 Å². The topological polar surface area (TPSA) is 57.9 Å². The maximum atomic E-state index is 5.19. The summed E-state index contributed by atoms with van der Waals surface area (Å²) in [5.41, 5.74) is 13.1. The van der Waals surface area contributed by atoms with Crippen LogP contribution >= 0.6 is 0 Å². The number of rotatable bonds is 5. The van der Waals surface area contributed by atoms with Crippen LogP contribution in [0.2, 0.25) is 0 Å². The molecule has 0 aliphatic carbocycles. The van der Waals surface area contributed by atoms with Crippen LogP contribution in [0.25, 0.3) is 111 Å². The van der Waals surface area contributed by atoms with Gasteiger partial charge >= 0.3 is 0 Å². The summed E-state index contributed by atoms with van der Waals surface area (Å²) in [6.07, 6.45) is 0. The van der Waals surface area contributed by atoms with E-state index >= 15 is 0 Å². The predicted molar refractivity (Wildman–Crippen MR) is 245 cm³/mol.